The topological polar surface area (TPSA) is 60.8 Å². The Balaban J connectivity index is 3.03. The van der Waals surface area contributed by atoms with Crippen LogP contribution < -0.4 is 5.46 Å². The smallest absolute Gasteiger partial charge is 0.423 e. The van der Waals surface area contributed by atoms with Gasteiger partial charge in [0.05, 0.1) is 5.56 Å². The average molecular weight is 239 g/mol. The highest BCUT2D eigenvalue weighted by Crippen LogP contribution is 2.09. The molecule has 0 bridgehead atoms. The van der Waals surface area contributed by atoms with E-state index in [1.807, 2.05) is 13.8 Å². The molecule has 0 atom stereocenters. The number of carbonyl (C=O) groups excluding carboxylic acids is 1. The molecule has 0 spiro atoms. The van der Waals surface area contributed by atoms with Crippen LogP contribution in [0.1, 0.15) is 24.2 Å². The van der Waals surface area contributed by atoms with Crippen molar-refractivity contribution in [2.75, 3.05) is 13.1 Å². The molecule has 0 radical (unpaired) electrons. The molecule has 0 aliphatic rings. The summed E-state index contributed by atoms with van der Waals surface area (Å²) in [5.74, 6) is -1.14. The maximum atomic E-state index is 13.6. The van der Waals surface area contributed by atoms with Crippen molar-refractivity contribution >= 4 is 18.5 Å². The molecule has 0 aliphatic heterocycles. The van der Waals surface area contributed by atoms with Crippen molar-refractivity contribution in [2.45, 2.75) is 13.8 Å². The van der Waals surface area contributed by atoms with Crippen molar-refractivity contribution < 1.29 is 19.2 Å². The Labute approximate surface area is 99.8 Å². The van der Waals surface area contributed by atoms with Gasteiger partial charge < -0.3 is 14.9 Å². The fourth-order valence-electron chi connectivity index (χ4n) is 1.55. The zero-order chi connectivity index (χ0) is 13.0. The highest BCUT2D eigenvalue weighted by atomic mass is 19.1. The molecule has 1 aromatic rings. The van der Waals surface area contributed by atoms with Crippen LogP contribution in [0.4, 0.5) is 4.39 Å². The number of nitrogens with zero attached hydrogens (tertiary/aromatic N) is 1. The summed E-state index contributed by atoms with van der Waals surface area (Å²) in [5, 5.41) is 17.7. The van der Waals surface area contributed by atoms with Crippen LogP contribution in [0, 0.1) is 5.82 Å². The summed E-state index contributed by atoms with van der Waals surface area (Å²) >= 11 is 0. The quantitative estimate of drug-likeness (QED) is 0.726. The van der Waals surface area contributed by atoms with Crippen molar-refractivity contribution in [3.63, 3.8) is 0 Å². The predicted molar refractivity (Wildman–Crippen MR) is 63.5 cm³/mol. The molecule has 0 aliphatic carbocycles. The molecule has 0 fully saturated rings. The molecule has 1 amide bonds. The van der Waals surface area contributed by atoms with Crippen LogP contribution in [0.25, 0.3) is 0 Å². The van der Waals surface area contributed by atoms with Crippen LogP contribution in [-0.2, 0) is 0 Å². The maximum Gasteiger partial charge on any atom is 0.488 e. The van der Waals surface area contributed by atoms with E-state index in [0.29, 0.717) is 13.1 Å². The Kier molecular flexibility index (Phi) is 4.66. The number of hydrogen-bond acceptors (Lipinski definition) is 3. The standard InChI is InChI=1S/C11H15BFNO3/c1-3-14(4-2)11(15)9-6-5-8(12(16)17)7-10(9)13/h5-7,16-17H,3-4H2,1-2H3. The molecule has 92 valence electrons. The first-order valence-electron chi connectivity index (χ1n) is 5.46. The van der Waals surface area contributed by atoms with Crippen LogP contribution in [0.15, 0.2) is 18.2 Å². The Morgan fingerprint density at radius 2 is 1.94 bits per heavy atom. The van der Waals surface area contributed by atoms with Crippen molar-refractivity contribution in [1.29, 1.82) is 0 Å². The molecule has 1 rings (SSSR count). The summed E-state index contributed by atoms with van der Waals surface area (Å²) in [6, 6.07) is 3.55. The first kappa shape index (κ1) is 13.7. The van der Waals surface area contributed by atoms with E-state index in [9.17, 15) is 9.18 Å². The summed E-state index contributed by atoms with van der Waals surface area (Å²) in [6.45, 7) is 4.62. The van der Waals surface area contributed by atoms with Crippen LogP contribution >= 0.6 is 0 Å². The third kappa shape index (κ3) is 3.05. The Morgan fingerprint density at radius 1 is 1.35 bits per heavy atom. The van der Waals surface area contributed by atoms with Gasteiger partial charge in [0.2, 0.25) is 0 Å². The lowest BCUT2D eigenvalue weighted by Crippen LogP contribution is -2.33. The fraction of sp³-hybridized carbons (Fsp3) is 0.364. The predicted octanol–water partition coefficient (Wildman–Crippen LogP) is -0.0125. The largest absolute Gasteiger partial charge is 0.488 e. The van der Waals surface area contributed by atoms with E-state index >= 15 is 0 Å². The van der Waals surface area contributed by atoms with Crippen LogP contribution in [0.5, 0.6) is 0 Å². The van der Waals surface area contributed by atoms with Crippen molar-refractivity contribution in [1.82, 2.24) is 4.90 Å². The molecule has 4 nitrogen and oxygen atoms in total. The highest BCUT2D eigenvalue weighted by molar-refractivity contribution is 6.58. The first-order chi connectivity index (χ1) is 8.01. The van der Waals surface area contributed by atoms with Gasteiger partial charge in [-0.1, -0.05) is 6.07 Å². The molecular formula is C11H15BFNO3. The van der Waals surface area contributed by atoms with E-state index in [1.165, 1.54) is 17.0 Å². The van der Waals surface area contributed by atoms with Gasteiger partial charge in [-0.3, -0.25) is 4.79 Å². The van der Waals surface area contributed by atoms with Gasteiger partial charge in [-0.25, -0.2) is 4.39 Å². The van der Waals surface area contributed by atoms with Crippen molar-refractivity contribution in [3.05, 3.63) is 29.6 Å². The molecule has 17 heavy (non-hydrogen) atoms. The lowest BCUT2D eigenvalue weighted by Gasteiger charge is -2.19. The van der Waals surface area contributed by atoms with Crippen LogP contribution in [-0.4, -0.2) is 41.1 Å². The van der Waals surface area contributed by atoms with E-state index in [2.05, 4.69) is 0 Å². The fourth-order valence-corrected chi connectivity index (χ4v) is 1.55. The van der Waals surface area contributed by atoms with Gasteiger partial charge in [0.25, 0.3) is 5.91 Å². The average Bonchev–Trinajstić information content (AvgIpc) is 2.30. The third-order valence-corrected chi connectivity index (χ3v) is 2.57. The lowest BCUT2D eigenvalue weighted by atomic mass is 9.80. The Morgan fingerprint density at radius 3 is 2.35 bits per heavy atom. The van der Waals surface area contributed by atoms with Gasteiger partial charge in [0, 0.05) is 13.1 Å². The van der Waals surface area contributed by atoms with Gasteiger partial charge >= 0.3 is 7.12 Å². The second kappa shape index (κ2) is 5.79. The molecule has 0 heterocycles. The van der Waals surface area contributed by atoms with Crippen LogP contribution in [0.3, 0.4) is 0 Å². The molecule has 1 aromatic carbocycles. The van der Waals surface area contributed by atoms with E-state index in [0.717, 1.165) is 6.07 Å². The normalized spacial score (nSPS) is 10.2. The minimum absolute atomic E-state index is 0.0265. The molecule has 2 N–H and O–H groups in total. The van der Waals surface area contributed by atoms with Crippen molar-refractivity contribution in [2.24, 2.45) is 0 Å². The van der Waals surface area contributed by atoms with E-state index in [4.69, 9.17) is 10.0 Å². The highest BCUT2D eigenvalue weighted by Gasteiger charge is 2.19. The zero-order valence-electron chi connectivity index (χ0n) is 9.85. The number of amides is 1. The number of benzene rings is 1. The summed E-state index contributed by atoms with van der Waals surface area (Å²) in [4.78, 5) is 13.4. The van der Waals surface area contributed by atoms with Gasteiger partial charge in [0.1, 0.15) is 5.82 Å². The SMILES string of the molecule is CCN(CC)C(=O)c1ccc(B(O)O)cc1F. The van der Waals surface area contributed by atoms with Gasteiger partial charge in [0.15, 0.2) is 0 Å². The molecule has 0 saturated heterocycles. The molecular weight excluding hydrogens is 224 g/mol. The van der Waals surface area contributed by atoms with Crippen molar-refractivity contribution in [3.8, 4) is 0 Å². The van der Waals surface area contributed by atoms with E-state index < -0.39 is 18.8 Å². The Bertz CT molecular complexity index is 408. The third-order valence-electron chi connectivity index (χ3n) is 2.57. The summed E-state index contributed by atoms with van der Waals surface area (Å²) in [7, 11) is -1.73. The summed E-state index contributed by atoms with van der Waals surface area (Å²) in [6.07, 6.45) is 0. The molecule has 0 unspecified atom stereocenters. The van der Waals surface area contributed by atoms with Gasteiger partial charge in [-0.2, -0.15) is 0 Å². The minimum Gasteiger partial charge on any atom is -0.423 e. The van der Waals surface area contributed by atoms with E-state index in [1.54, 1.807) is 0 Å². The first-order valence-corrected chi connectivity index (χ1v) is 5.46. The van der Waals surface area contributed by atoms with Gasteiger partial charge in [-0.15, -0.1) is 0 Å². The zero-order valence-corrected chi connectivity index (χ0v) is 9.85. The second-order valence-electron chi connectivity index (χ2n) is 3.59. The maximum absolute atomic E-state index is 13.6. The summed E-state index contributed by atoms with van der Waals surface area (Å²) in [5.41, 5.74) is -0.0308. The molecule has 6 heteroatoms. The monoisotopic (exact) mass is 239 g/mol. The van der Waals surface area contributed by atoms with E-state index in [-0.39, 0.29) is 11.0 Å². The number of carbonyl (C=O) groups is 1. The number of halogens is 1. The van der Waals surface area contributed by atoms with Gasteiger partial charge in [-0.05, 0) is 31.4 Å². The van der Waals surface area contributed by atoms with Crippen LogP contribution in [0.2, 0.25) is 0 Å². The number of hydrogen-bond donors (Lipinski definition) is 2. The second-order valence-corrected chi connectivity index (χ2v) is 3.59. The molecule has 0 saturated carbocycles. The summed E-state index contributed by atoms with van der Waals surface area (Å²) < 4.78 is 13.6. The minimum atomic E-state index is -1.73. The Hall–Kier alpha value is -1.40. The lowest BCUT2D eigenvalue weighted by molar-refractivity contribution is 0.0768. The molecule has 0 aromatic heterocycles. The number of rotatable bonds is 4.